The third-order valence-electron chi connectivity index (χ3n) is 10.3. The second-order valence-corrected chi connectivity index (χ2v) is 14.0. The molecule has 55 heavy (non-hydrogen) atoms. The van der Waals surface area contributed by atoms with Crippen LogP contribution in [-0.4, -0.2) is 134 Å². The molecule has 0 bridgehead atoms. The summed E-state index contributed by atoms with van der Waals surface area (Å²) in [6, 6.07) is 5.75. The summed E-state index contributed by atoms with van der Waals surface area (Å²) < 4.78 is 4.50. The molecule has 6 heterocycles. The molecular formula is C34H49N15O6. The highest BCUT2D eigenvalue weighted by Crippen LogP contribution is 2.30. The summed E-state index contributed by atoms with van der Waals surface area (Å²) in [7, 11) is 0. The Morgan fingerprint density at radius 2 is 1.15 bits per heavy atom. The van der Waals surface area contributed by atoms with Crippen molar-refractivity contribution < 1.29 is 25.5 Å². The van der Waals surface area contributed by atoms with Crippen LogP contribution in [0.25, 0.3) is 16.9 Å². The van der Waals surface area contributed by atoms with Crippen LogP contribution < -0.4 is 22.1 Å². The predicted molar refractivity (Wildman–Crippen MR) is 199 cm³/mol. The molecule has 10 N–H and O–H groups in total. The van der Waals surface area contributed by atoms with Crippen molar-refractivity contribution in [2.75, 3.05) is 23.8 Å². The minimum absolute atomic E-state index is 0.0142. The van der Waals surface area contributed by atoms with Gasteiger partial charge in [0, 0.05) is 61.4 Å². The van der Waals surface area contributed by atoms with Crippen LogP contribution in [0.2, 0.25) is 0 Å². The molecule has 296 valence electrons. The molecule has 0 aromatic carbocycles. The molecule has 0 aliphatic heterocycles. The third kappa shape index (κ3) is 9.74. The van der Waals surface area contributed by atoms with Crippen LogP contribution in [0.15, 0.2) is 60.6 Å². The summed E-state index contributed by atoms with van der Waals surface area (Å²) in [6.45, 7) is 2.20. The van der Waals surface area contributed by atoms with Crippen molar-refractivity contribution in [2.24, 2.45) is 23.5 Å². The molecule has 0 radical (unpaired) electrons. The van der Waals surface area contributed by atoms with Crippen molar-refractivity contribution in [3.05, 3.63) is 66.3 Å². The lowest BCUT2D eigenvalue weighted by atomic mass is 10.0. The third-order valence-corrected chi connectivity index (χ3v) is 10.3. The van der Waals surface area contributed by atoms with Gasteiger partial charge in [0.2, 0.25) is 11.9 Å². The molecule has 3 saturated carbocycles. The molecule has 21 heteroatoms. The number of fused-ring (bicyclic) bond motifs is 3. The van der Waals surface area contributed by atoms with Gasteiger partial charge in [0.25, 0.3) is 0 Å². The van der Waals surface area contributed by atoms with Crippen molar-refractivity contribution in [1.82, 2.24) is 58.7 Å². The maximum atomic E-state index is 10.8. The number of hydrogen-bond acceptors (Lipinski definition) is 17. The first-order chi connectivity index (χ1) is 26.7. The van der Waals surface area contributed by atoms with Crippen LogP contribution in [0.3, 0.4) is 0 Å². The molecule has 0 unspecified atom stereocenters. The molecule has 3 fully saturated rings. The van der Waals surface area contributed by atoms with E-state index in [-0.39, 0.29) is 61.1 Å². The van der Waals surface area contributed by atoms with E-state index in [1.807, 2.05) is 6.07 Å². The molecule has 0 amide bonds. The summed E-state index contributed by atoms with van der Waals surface area (Å²) in [5, 5.41) is 65.2. The van der Waals surface area contributed by atoms with Crippen LogP contribution in [0.1, 0.15) is 51.9 Å². The number of nitrogens with two attached hydrogens (primary N) is 1. The fraction of sp³-hybridized carbons (Fsp3) is 0.559. The maximum Gasteiger partial charge on any atom is 0.349 e. The number of nitrogens with zero attached hydrogens (tertiary/aromatic N) is 11. The second kappa shape index (κ2) is 18.4. The fourth-order valence-corrected chi connectivity index (χ4v) is 7.25. The van der Waals surface area contributed by atoms with Gasteiger partial charge in [-0.15, -0.1) is 0 Å². The first-order valence-electron chi connectivity index (χ1n) is 18.4. The highest BCUT2D eigenvalue weighted by Gasteiger charge is 2.34. The number of anilines is 2. The SMILES string of the molecule is CC[C@H]1C[C@@H](Nc2ncnc3ccnn23)C[C@@H]1O.N[C@@H]1C[C@H](CO)[C@@H](O)C1.O=c1[nH]cnc2ccnn12.OC[C@H]1C[C@@H](Nc2ncnc3ccnn23)C[C@@H]1O. The minimum atomic E-state index is -0.456. The molecule has 6 aromatic heterocycles. The highest BCUT2D eigenvalue weighted by atomic mass is 16.3. The van der Waals surface area contributed by atoms with Crippen LogP contribution in [0.5, 0.6) is 0 Å². The Hall–Kier alpha value is -5.19. The number of hydrogen-bond donors (Lipinski definition) is 9. The number of aromatic nitrogens is 12. The largest absolute Gasteiger partial charge is 0.396 e. The fourth-order valence-electron chi connectivity index (χ4n) is 7.25. The molecule has 9 atom stereocenters. The van der Waals surface area contributed by atoms with E-state index in [0.29, 0.717) is 36.3 Å². The number of nitrogens with one attached hydrogen (secondary N) is 3. The van der Waals surface area contributed by atoms with Gasteiger partial charge in [-0.2, -0.15) is 28.8 Å². The van der Waals surface area contributed by atoms with E-state index in [1.54, 1.807) is 33.6 Å². The van der Waals surface area contributed by atoms with Crippen molar-refractivity contribution in [3.8, 4) is 0 Å². The molecule has 3 aliphatic carbocycles. The smallest absolute Gasteiger partial charge is 0.349 e. The molecule has 6 aromatic rings. The Labute approximate surface area is 314 Å². The molecular weight excluding hydrogens is 714 g/mol. The Morgan fingerprint density at radius 3 is 1.58 bits per heavy atom. The van der Waals surface area contributed by atoms with Crippen LogP contribution in [-0.2, 0) is 0 Å². The van der Waals surface area contributed by atoms with Crippen molar-refractivity contribution in [2.45, 2.75) is 88.3 Å². The van der Waals surface area contributed by atoms with E-state index < -0.39 is 6.10 Å². The van der Waals surface area contributed by atoms with Gasteiger partial charge in [0.1, 0.15) is 12.7 Å². The monoisotopic (exact) mass is 763 g/mol. The van der Waals surface area contributed by atoms with Gasteiger partial charge in [-0.05, 0) is 44.4 Å². The lowest BCUT2D eigenvalue weighted by Crippen LogP contribution is -2.20. The first-order valence-corrected chi connectivity index (χ1v) is 18.4. The zero-order chi connectivity index (χ0) is 38.9. The summed E-state index contributed by atoms with van der Waals surface area (Å²) in [5.74, 6) is 1.66. The van der Waals surface area contributed by atoms with Gasteiger partial charge in [0.15, 0.2) is 16.9 Å². The molecule has 0 saturated heterocycles. The topological polar surface area (TPSA) is 300 Å². The average molecular weight is 764 g/mol. The predicted octanol–water partition coefficient (Wildman–Crippen LogP) is -0.752. The lowest BCUT2D eigenvalue weighted by Gasteiger charge is -2.13. The summed E-state index contributed by atoms with van der Waals surface area (Å²) in [5.41, 5.74) is 7.31. The average Bonchev–Trinajstić information content (AvgIpc) is 4.04. The minimum Gasteiger partial charge on any atom is -0.396 e. The van der Waals surface area contributed by atoms with Crippen molar-refractivity contribution in [3.63, 3.8) is 0 Å². The summed E-state index contributed by atoms with van der Waals surface area (Å²) >= 11 is 0. The molecule has 9 rings (SSSR count). The molecule has 0 spiro atoms. The quantitative estimate of drug-likeness (QED) is 0.0966. The Bertz CT molecular complexity index is 2040. The van der Waals surface area contributed by atoms with Crippen LogP contribution in [0, 0.1) is 17.8 Å². The van der Waals surface area contributed by atoms with Gasteiger partial charge in [-0.25, -0.2) is 29.7 Å². The zero-order valence-electron chi connectivity index (χ0n) is 30.4. The number of aliphatic hydroxyl groups excluding tert-OH is 5. The van der Waals surface area contributed by atoms with Crippen molar-refractivity contribution >= 4 is 28.8 Å². The second-order valence-electron chi connectivity index (χ2n) is 14.0. The number of aliphatic hydroxyl groups is 5. The Morgan fingerprint density at radius 1 is 0.673 bits per heavy atom. The highest BCUT2D eigenvalue weighted by molar-refractivity contribution is 5.43. The van der Waals surface area contributed by atoms with E-state index in [0.717, 1.165) is 43.4 Å². The van der Waals surface area contributed by atoms with E-state index in [9.17, 15) is 15.0 Å². The van der Waals surface area contributed by atoms with E-state index in [1.165, 1.54) is 29.7 Å². The Kier molecular flexibility index (Phi) is 13.2. The number of aromatic amines is 1. The molecule has 3 aliphatic rings. The summed E-state index contributed by atoms with van der Waals surface area (Å²) in [6.07, 6.45) is 13.7. The van der Waals surface area contributed by atoms with E-state index >= 15 is 0 Å². The maximum absolute atomic E-state index is 10.8. The van der Waals surface area contributed by atoms with Crippen LogP contribution >= 0.6 is 0 Å². The van der Waals surface area contributed by atoms with Gasteiger partial charge in [-0.3, -0.25) is 4.98 Å². The number of rotatable bonds is 7. The summed E-state index contributed by atoms with van der Waals surface area (Å²) in [4.78, 5) is 33.7. The van der Waals surface area contributed by atoms with Gasteiger partial charge in [-0.1, -0.05) is 13.3 Å². The van der Waals surface area contributed by atoms with Gasteiger partial charge < -0.3 is 41.9 Å². The molecule has 21 nitrogen and oxygen atoms in total. The zero-order valence-corrected chi connectivity index (χ0v) is 30.4. The normalized spacial score (nSPS) is 27.2. The van der Waals surface area contributed by atoms with E-state index in [2.05, 4.69) is 62.8 Å². The number of H-pyrrole nitrogens is 1. The van der Waals surface area contributed by atoms with Gasteiger partial charge in [0.05, 0.1) is 43.2 Å². The standard InChI is InChI=1S/C12H17N5O.C11H15N5O2.C6H13NO2.C5H4N4O/c1-2-8-5-9(6-10(8)18)16-12-14-7-13-11-3-4-15-17(11)12;17-5-7-3-8(4-9(7)18)15-11-13-6-12-10-1-2-14-16(10)11;7-5-1-4(3-8)6(9)2-5;10-5-7-3-6-4-1-2-8-9(4)5/h3-4,7-10,18H,2,5-6H2,1H3,(H,13,14,16);1-2,6-9,17-18H,3-5H2,(H,12,13,15);4-6,8-9H,1-3,7H2;1-3H,(H,6,7,10)/t8-,9+,10-;7-,8-,9+;4-,5-,6+;/m011./s1. The van der Waals surface area contributed by atoms with Crippen LogP contribution in [0.4, 0.5) is 11.9 Å². The Balaban J connectivity index is 0.000000130. The van der Waals surface area contributed by atoms with Gasteiger partial charge >= 0.3 is 5.69 Å². The first kappa shape index (κ1) is 39.5. The van der Waals surface area contributed by atoms with Crippen molar-refractivity contribution in [1.29, 1.82) is 0 Å². The van der Waals surface area contributed by atoms with E-state index in [4.69, 9.17) is 21.1 Å². The lowest BCUT2D eigenvalue weighted by molar-refractivity contribution is 0.0903.